The molecule has 0 rings (SSSR count). The van der Waals surface area contributed by atoms with Gasteiger partial charge in [0.05, 0.1) is 0 Å². The van der Waals surface area contributed by atoms with E-state index in [-0.39, 0.29) is 0 Å². The van der Waals surface area contributed by atoms with Gasteiger partial charge in [0.1, 0.15) is 0 Å². The number of hydrogen-bond acceptors (Lipinski definition) is 2. The van der Waals surface area contributed by atoms with Crippen molar-refractivity contribution in [2.45, 2.75) is 0 Å². The second-order valence-corrected chi connectivity index (χ2v) is 1.46. The molecule has 0 amide bonds. The minimum Gasteiger partial charge on any atom is -0.473 e. The van der Waals surface area contributed by atoms with Crippen molar-refractivity contribution in [3.63, 3.8) is 0 Å². The Hall–Kier alpha value is -1.24. The molecule has 4 nitrogen and oxygen atoms in total. The van der Waals surface area contributed by atoms with Gasteiger partial charge in [-0.3, -0.25) is 0 Å². The van der Waals surface area contributed by atoms with Crippen molar-refractivity contribution in [3.05, 3.63) is 11.4 Å². The van der Waals surface area contributed by atoms with Crippen LogP contribution >= 0.6 is 11.6 Å². The summed E-state index contributed by atoms with van der Waals surface area (Å²) >= 11 is 4.08. The van der Waals surface area contributed by atoms with Gasteiger partial charge in [-0.2, -0.15) is 13.2 Å². The summed E-state index contributed by atoms with van der Waals surface area (Å²) in [4.78, 5) is 18.2. The third kappa shape index (κ3) is 11.5. The molecular formula is C4H2ClF3O4. The quantitative estimate of drug-likeness (QED) is 0.588. The van der Waals surface area contributed by atoms with Crippen LogP contribution < -0.4 is 0 Å². The highest BCUT2D eigenvalue weighted by atomic mass is 35.5. The molecule has 0 aliphatic heterocycles. The van der Waals surface area contributed by atoms with Gasteiger partial charge in [-0.15, -0.1) is 0 Å². The average molecular weight is 207 g/mol. The Morgan fingerprint density at radius 1 is 1.00 bits per heavy atom. The molecular weight excluding hydrogens is 204 g/mol. The van der Waals surface area contributed by atoms with Crippen LogP contribution in [-0.2, 0) is 9.59 Å². The van der Waals surface area contributed by atoms with Crippen LogP contribution in [0.4, 0.5) is 13.2 Å². The summed E-state index contributed by atoms with van der Waals surface area (Å²) in [7, 11) is 0. The van der Waals surface area contributed by atoms with E-state index >= 15 is 0 Å². The molecule has 0 heterocycles. The van der Waals surface area contributed by atoms with Crippen molar-refractivity contribution >= 4 is 23.5 Å². The molecule has 0 bridgehead atoms. The molecule has 0 saturated carbocycles. The first-order chi connectivity index (χ1) is 5.29. The number of carboxylic acid groups (broad SMARTS) is 2. The topological polar surface area (TPSA) is 74.6 Å². The fraction of sp³-hybridized carbons (Fsp3) is 0. The molecule has 0 aliphatic rings. The van der Waals surface area contributed by atoms with Crippen LogP contribution in [0.15, 0.2) is 11.4 Å². The highest BCUT2D eigenvalue weighted by Crippen LogP contribution is 2.11. The number of carbonyl (C=O) groups is 2. The normalized spacial score (nSPS) is 7.67. The van der Waals surface area contributed by atoms with Gasteiger partial charge < -0.3 is 10.2 Å². The number of rotatable bonds is 0. The van der Waals surface area contributed by atoms with Gasteiger partial charge in [-0.05, 0) is 11.6 Å². The van der Waals surface area contributed by atoms with Crippen LogP contribution in [0.3, 0.4) is 0 Å². The molecule has 70 valence electrons. The standard InChI is InChI=1S/C2ClF3.C2H2O4/c2*3-1(4)2(5)6/h;(H,3,4)(H,5,6). The van der Waals surface area contributed by atoms with Crippen LogP contribution in [0.5, 0.6) is 0 Å². The van der Waals surface area contributed by atoms with Gasteiger partial charge in [0.15, 0.2) is 0 Å². The van der Waals surface area contributed by atoms with Gasteiger partial charge in [0, 0.05) is 0 Å². The van der Waals surface area contributed by atoms with Gasteiger partial charge in [-0.25, -0.2) is 9.59 Å². The van der Waals surface area contributed by atoms with E-state index in [4.69, 9.17) is 19.8 Å². The molecule has 0 aliphatic carbocycles. The van der Waals surface area contributed by atoms with E-state index in [1.165, 1.54) is 0 Å². The average Bonchev–Trinajstić information content (AvgIpc) is 1.88. The highest BCUT2D eigenvalue weighted by Gasteiger charge is 2.04. The van der Waals surface area contributed by atoms with Crippen LogP contribution in [0, 0.1) is 0 Å². The molecule has 12 heavy (non-hydrogen) atoms. The fourth-order valence-corrected chi connectivity index (χ4v) is 0. The van der Waals surface area contributed by atoms with E-state index in [0.29, 0.717) is 0 Å². The second kappa shape index (κ2) is 6.47. The molecule has 0 fully saturated rings. The van der Waals surface area contributed by atoms with Crippen molar-refractivity contribution in [3.8, 4) is 0 Å². The molecule has 2 N–H and O–H groups in total. The summed E-state index contributed by atoms with van der Waals surface area (Å²) in [5.41, 5.74) is 0. The molecule has 0 atom stereocenters. The van der Waals surface area contributed by atoms with Crippen molar-refractivity contribution in [1.29, 1.82) is 0 Å². The molecule has 0 aromatic carbocycles. The summed E-state index contributed by atoms with van der Waals surface area (Å²) in [6.45, 7) is 0. The van der Waals surface area contributed by atoms with E-state index in [0.717, 1.165) is 0 Å². The lowest BCUT2D eigenvalue weighted by Crippen LogP contribution is -2.09. The fourth-order valence-electron chi connectivity index (χ4n) is 0. The maximum atomic E-state index is 10.7. The van der Waals surface area contributed by atoms with Crippen molar-refractivity contribution in [2.75, 3.05) is 0 Å². The number of carboxylic acids is 2. The Balaban J connectivity index is 0. The summed E-state index contributed by atoms with van der Waals surface area (Å²) in [6.07, 6.45) is -2.48. The van der Waals surface area contributed by atoms with Gasteiger partial charge >= 0.3 is 18.0 Å². The molecule has 0 spiro atoms. The number of hydrogen-bond donors (Lipinski definition) is 2. The third-order valence-corrected chi connectivity index (χ3v) is 0.469. The summed E-state index contributed by atoms with van der Waals surface area (Å²) in [6, 6.07) is 0. The molecule has 0 unspecified atom stereocenters. The zero-order chi connectivity index (χ0) is 10.3. The second-order valence-electron chi connectivity index (χ2n) is 1.13. The first-order valence-electron chi connectivity index (χ1n) is 2.11. The number of halogens is 4. The van der Waals surface area contributed by atoms with Gasteiger partial charge in [-0.1, -0.05) is 0 Å². The lowest BCUT2D eigenvalue weighted by Gasteiger charge is -1.72. The Kier molecular flexibility index (Phi) is 7.20. The van der Waals surface area contributed by atoms with Crippen molar-refractivity contribution in [1.82, 2.24) is 0 Å². The van der Waals surface area contributed by atoms with E-state index in [1.54, 1.807) is 0 Å². The maximum Gasteiger partial charge on any atom is 0.414 e. The predicted octanol–water partition coefficient (Wildman–Crippen LogP) is 1.42. The van der Waals surface area contributed by atoms with E-state index in [1.807, 2.05) is 0 Å². The highest BCUT2D eigenvalue weighted by molar-refractivity contribution is 6.28. The number of aliphatic carboxylic acids is 2. The predicted molar refractivity (Wildman–Crippen MR) is 31.5 cm³/mol. The summed E-state index contributed by atoms with van der Waals surface area (Å²) in [5.74, 6) is -3.65. The zero-order valence-electron chi connectivity index (χ0n) is 5.22. The Morgan fingerprint density at radius 2 is 1.17 bits per heavy atom. The van der Waals surface area contributed by atoms with E-state index in [9.17, 15) is 13.2 Å². The molecule has 0 radical (unpaired) electrons. The SMILES string of the molecule is FC(F)=C(F)Cl.O=C(O)C(=O)O. The van der Waals surface area contributed by atoms with Gasteiger partial charge in [0.2, 0.25) is 0 Å². The monoisotopic (exact) mass is 206 g/mol. The van der Waals surface area contributed by atoms with Crippen molar-refractivity contribution < 1.29 is 33.0 Å². The maximum absolute atomic E-state index is 10.7. The molecule has 8 heteroatoms. The zero-order valence-corrected chi connectivity index (χ0v) is 5.98. The minimum atomic E-state index is -2.48. The Morgan fingerprint density at radius 3 is 1.17 bits per heavy atom. The van der Waals surface area contributed by atoms with Crippen LogP contribution in [0.1, 0.15) is 0 Å². The van der Waals surface area contributed by atoms with Crippen LogP contribution in [-0.4, -0.2) is 22.2 Å². The van der Waals surface area contributed by atoms with E-state index < -0.39 is 23.3 Å². The third-order valence-electron chi connectivity index (χ3n) is 0.326. The molecule has 0 aromatic heterocycles. The summed E-state index contributed by atoms with van der Waals surface area (Å²) < 4.78 is 31.8. The van der Waals surface area contributed by atoms with Crippen LogP contribution in [0.25, 0.3) is 0 Å². The van der Waals surface area contributed by atoms with Crippen LogP contribution in [0.2, 0.25) is 0 Å². The molecule has 0 aromatic rings. The Bertz CT molecular complexity index is 184. The van der Waals surface area contributed by atoms with Crippen molar-refractivity contribution in [2.24, 2.45) is 0 Å². The first-order valence-corrected chi connectivity index (χ1v) is 2.49. The van der Waals surface area contributed by atoms with E-state index in [2.05, 4.69) is 11.6 Å². The molecule has 0 saturated heterocycles. The smallest absolute Gasteiger partial charge is 0.414 e. The summed E-state index contributed by atoms with van der Waals surface area (Å²) in [5, 5.41) is 12.8. The largest absolute Gasteiger partial charge is 0.473 e. The lowest BCUT2D eigenvalue weighted by atomic mass is 10.7. The minimum absolute atomic E-state index is 1.82. The Labute approximate surface area is 68.9 Å². The van der Waals surface area contributed by atoms with Gasteiger partial charge in [0.25, 0.3) is 5.29 Å². The lowest BCUT2D eigenvalue weighted by molar-refractivity contribution is -0.159. The first kappa shape index (κ1) is 13.4.